The molecule has 0 radical (unpaired) electrons. The Hall–Kier alpha value is 6.26. The van der Waals surface area contributed by atoms with Gasteiger partial charge in [-0.25, -0.2) is 0 Å². The monoisotopic (exact) mass is 761 g/mol. The molecular weight excluding hydrogens is 768 g/mol. The van der Waals surface area contributed by atoms with Crippen LogP contribution in [0.5, 0.6) is 0 Å². The van der Waals surface area contributed by atoms with Crippen molar-refractivity contribution in [3.63, 3.8) is 0 Å². The molecule has 0 bridgehead atoms. The summed E-state index contributed by atoms with van der Waals surface area (Å²) >= 11 is 0. The Morgan fingerprint density at radius 2 is 0.214 bits per heavy atom. The maximum atomic E-state index is 0. The molecule has 0 aliphatic heterocycles. The van der Waals surface area contributed by atoms with E-state index in [9.17, 15) is 0 Å². The number of hydrogen-bond acceptors (Lipinski definition) is 0. The Morgan fingerprint density at radius 1 is 0.214 bits per heavy atom. The summed E-state index contributed by atoms with van der Waals surface area (Å²) in [6, 6.07) is 0. The van der Waals surface area contributed by atoms with E-state index in [2.05, 4.69) is 0 Å². The molecule has 0 amide bonds. The molecule has 0 saturated heterocycles. The summed E-state index contributed by atoms with van der Waals surface area (Å²) in [5.41, 5.74) is 0. The predicted octanol–water partition coefficient (Wildman–Crippen LogP) is -30.0. The van der Waals surface area contributed by atoms with Crippen LogP contribution in [0.25, 0.3) is 0 Å². The smallest absolute Gasteiger partial charge is 1.00 e. The third kappa shape index (κ3) is 139. The van der Waals surface area contributed by atoms with Crippen LogP contribution in [-0.4, -0.2) is 0 Å². The van der Waals surface area contributed by atoms with E-state index in [0.29, 0.717) is 0 Å². The van der Waals surface area contributed by atoms with Crippen molar-refractivity contribution in [3.8, 4) is 0 Å². The second kappa shape index (κ2) is 164. The van der Waals surface area contributed by atoms with E-state index < -0.39 is 0 Å². The number of halogens is 9. The van der Waals surface area contributed by atoms with Crippen molar-refractivity contribution >= 4 is 0 Å². The SMILES string of the molecule is [Cl-].[Cl-].[Cl-].[Cl-].[Cl-].[Cl-].[Cl-].[Cl-].[Cl-].[Na+].[Pd+2].[Pd+2].[Pd+2].[Pd+2]. The van der Waals surface area contributed by atoms with Gasteiger partial charge in [0.2, 0.25) is 0 Å². The molecule has 0 nitrogen and oxygen atoms in total. The minimum Gasteiger partial charge on any atom is -1.00 e. The minimum atomic E-state index is 0. The van der Waals surface area contributed by atoms with E-state index in [1.54, 1.807) is 0 Å². The molecule has 0 unspecified atom stereocenters. The summed E-state index contributed by atoms with van der Waals surface area (Å²) in [5, 5.41) is 0. The van der Waals surface area contributed by atoms with Crippen LogP contribution in [0, 0.1) is 0 Å². The Kier molecular flexibility index (Phi) is 2250. The molecule has 0 aliphatic rings. The number of rotatable bonds is 0. The molecule has 0 aliphatic carbocycles. The van der Waals surface area contributed by atoms with Gasteiger partial charge in [0.25, 0.3) is 0 Å². The molecule has 0 N–H and O–H groups in total. The van der Waals surface area contributed by atoms with Gasteiger partial charge >= 0.3 is 111 Å². The first-order valence-electron chi connectivity index (χ1n) is 0. The van der Waals surface area contributed by atoms with Crippen LogP contribution in [0.3, 0.4) is 0 Å². The van der Waals surface area contributed by atoms with Gasteiger partial charge in [0, 0.05) is 0 Å². The van der Waals surface area contributed by atoms with Crippen molar-refractivity contribution in [2.45, 2.75) is 0 Å². The molecule has 0 spiro atoms. The van der Waals surface area contributed by atoms with Gasteiger partial charge in [-0.1, -0.05) is 0 Å². The molecule has 14 heteroatoms. The zero-order chi connectivity index (χ0) is 0. The minimum absolute atomic E-state index is 0. The van der Waals surface area contributed by atoms with Gasteiger partial charge in [0.1, 0.15) is 0 Å². The Bertz CT molecular complexity index is 16.8. The van der Waals surface area contributed by atoms with E-state index >= 15 is 0 Å². The molecule has 14 heavy (non-hydrogen) atoms. The maximum absolute atomic E-state index is 0. The third-order valence-corrected chi connectivity index (χ3v) is 0. The average molecular weight is 768 g/mol. The molecular formula is Cl9NaPd4. The third-order valence-electron chi connectivity index (χ3n) is 0. The summed E-state index contributed by atoms with van der Waals surface area (Å²) in [7, 11) is 0. The van der Waals surface area contributed by atoms with Crippen LogP contribution < -0.4 is 141 Å². The van der Waals surface area contributed by atoms with Crippen LogP contribution in [0.2, 0.25) is 0 Å². The van der Waals surface area contributed by atoms with Crippen LogP contribution in [0.15, 0.2) is 0 Å². The molecule has 0 heterocycles. The fraction of sp³-hybridized carbons (Fsp3) is 0. The molecule has 0 aromatic rings. The van der Waals surface area contributed by atoms with Crippen molar-refractivity contribution in [1.29, 1.82) is 0 Å². The Balaban J connectivity index is 0. The van der Waals surface area contributed by atoms with Crippen LogP contribution in [0.4, 0.5) is 0 Å². The van der Waals surface area contributed by atoms with E-state index in [0.717, 1.165) is 0 Å². The summed E-state index contributed by atoms with van der Waals surface area (Å²) in [6.45, 7) is 0. The molecule has 0 rings (SSSR count). The summed E-state index contributed by atoms with van der Waals surface area (Å²) in [4.78, 5) is 0. The van der Waals surface area contributed by atoms with E-state index in [4.69, 9.17) is 0 Å². The van der Waals surface area contributed by atoms with Gasteiger partial charge < -0.3 is 112 Å². The zero-order valence-electron chi connectivity index (χ0n) is 5.67. The van der Waals surface area contributed by atoms with Gasteiger partial charge in [0.05, 0.1) is 0 Å². The van der Waals surface area contributed by atoms with E-state index in [1.807, 2.05) is 0 Å². The first-order valence-corrected chi connectivity index (χ1v) is 0. The zero-order valence-corrected chi connectivity index (χ0v) is 20.7. The molecule has 0 aromatic heterocycles. The molecule has 0 atom stereocenters. The molecule has 104 valence electrons. The fourth-order valence-electron chi connectivity index (χ4n) is 0. The van der Waals surface area contributed by atoms with Gasteiger partial charge in [-0.3, -0.25) is 0 Å². The van der Waals surface area contributed by atoms with Crippen LogP contribution in [-0.2, 0) is 81.7 Å². The first-order chi connectivity index (χ1) is 0. The largest absolute Gasteiger partial charge is 2.00 e. The summed E-state index contributed by atoms with van der Waals surface area (Å²) in [5.74, 6) is 0. The van der Waals surface area contributed by atoms with Gasteiger partial charge in [-0.05, 0) is 0 Å². The molecule has 0 fully saturated rings. The van der Waals surface area contributed by atoms with E-state index in [-0.39, 0.29) is 223 Å². The van der Waals surface area contributed by atoms with Crippen LogP contribution >= 0.6 is 0 Å². The Labute approximate surface area is 218 Å². The van der Waals surface area contributed by atoms with E-state index in [1.165, 1.54) is 0 Å². The number of hydrogen-bond donors (Lipinski definition) is 0. The van der Waals surface area contributed by atoms with Crippen molar-refractivity contribution in [2.24, 2.45) is 0 Å². The van der Waals surface area contributed by atoms with Crippen molar-refractivity contribution in [2.75, 3.05) is 0 Å². The summed E-state index contributed by atoms with van der Waals surface area (Å²) < 4.78 is 0. The predicted molar refractivity (Wildman–Crippen MR) is 0 cm³/mol. The summed E-state index contributed by atoms with van der Waals surface area (Å²) in [6.07, 6.45) is 0. The first kappa shape index (κ1) is 192. The normalized spacial score (nSPS) is 0. The second-order valence-electron chi connectivity index (χ2n) is 0. The fourth-order valence-corrected chi connectivity index (χ4v) is 0. The topological polar surface area (TPSA) is 0 Å². The molecule has 0 saturated carbocycles. The van der Waals surface area contributed by atoms with Gasteiger partial charge in [-0.15, -0.1) is 0 Å². The molecule has 0 aromatic carbocycles. The standard InChI is InChI=1S/9ClH.Na.4Pd/h9*1H;;;;;/q;;;;;;;;;+1;4*+2/p-9. The van der Waals surface area contributed by atoms with Crippen LogP contribution in [0.1, 0.15) is 0 Å². The van der Waals surface area contributed by atoms with Gasteiger partial charge in [-0.2, -0.15) is 0 Å². The Morgan fingerprint density at radius 3 is 0.214 bits per heavy atom. The maximum Gasteiger partial charge on any atom is 2.00 e. The van der Waals surface area contributed by atoms with Crippen molar-refractivity contribution in [3.05, 3.63) is 0 Å². The van der Waals surface area contributed by atoms with Crippen molar-refractivity contribution < 1.29 is 223 Å². The quantitative estimate of drug-likeness (QED) is 0.215. The average Bonchev–Trinajstić information content (AvgIpc) is 0. The second-order valence-corrected chi connectivity index (χ2v) is 0. The van der Waals surface area contributed by atoms with Crippen molar-refractivity contribution in [1.82, 2.24) is 0 Å². The van der Waals surface area contributed by atoms with Gasteiger partial charge in [0.15, 0.2) is 0 Å².